The van der Waals surface area contributed by atoms with Gasteiger partial charge in [-0.2, -0.15) is 0 Å². The highest BCUT2D eigenvalue weighted by Gasteiger charge is 2.45. The number of carbonyl (C=O) groups is 2. The van der Waals surface area contributed by atoms with Crippen molar-refractivity contribution in [3.05, 3.63) is 83.1 Å². The second-order valence-corrected chi connectivity index (χ2v) is 7.68. The first kappa shape index (κ1) is 15.9. The molecule has 3 aromatic rings. The fraction of sp³-hybridized carbons (Fsp3) is 0.174. The molecule has 0 atom stereocenters. The van der Waals surface area contributed by atoms with E-state index in [1.54, 1.807) is 4.90 Å². The van der Waals surface area contributed by atoms with Crippen LogP contribution in [-0.2, 0) is 6.54 Å². The van der Waals surface area contributed by atoms with E-state index in [1.165, 1.54) is 0 Å². The third-order valence-corrected chi connectivity index (χ3v) is 5.38. The summed E-state index contributed by atoms with van der Waals surface area (Å²) in [5, 5.41) is 0.801. The van der Waals surface area contributed by atoms with Gasteiger partial charge in [-0.05, 0) is 31.6 Å². The summed E-state index contributed by atoms with van der Waals surface area (Å²) < 4.78 is 0. The summed E-state index contributed by atoms with van der Waals surface area (Å²) in [6.07, 6.45) is 1.92. The van der Waals surface area contributed by atoms with Crippen LogP contribution in [0, 0.1) is 5.41 Å². The molecule has 2 heterocycles. The average molecular weight is 354 g/mol. The molecule has 132 valence electrons. The van der Waals surface area contributed by atoms with Crippen molar-refractivity contribution in [3.63, 3.8) is 0 Å². The molecular formula is C23H18N2O2. The van der Waals surface area contributed by atoms with Gasteiger partial charge in [-0.25, -0.2) is 4.98 Å². The van der Waals surface area contributed by atoms with Gasteiger partial charge in [0.25, 0.3) is 5.91 Å². The van der Waals surface area contributed by atoms with E-state index < -0.39 is 5.41 Å². The first-order valence-corrected chi connectivity index (χ1v) is 9.04. The number of benzene rings is 2. The second-order valence-electron chi connectivity index (χ2n) is 7.68. The predicted molar refractivity (Wildman–Crippen MR) is 104 cm³/mol. The van der Waals surface area contributed by atoms with Gasteiger partial charge in [-0.3, -0.25) is 9.59 Å². The van der Waals surface area contributed by atoms with Crippen molar-refractivity contribution in [2.24, 2.45) is 5.41 Å². The minimum Gasteiger partial charge on any atom is -0.303 e. The number of carbonyl (C=O) groups excluding carboxylic acids is 2. The van der Waals surface area contributed by atoms with Crippen LogP contribution in [0.3, 0.4) is 0 Å². The number of para-hydroxylation sites is 1. The standard InChI is InChI=1S/C23H18N2O2/c1-23(2)12-17-19-18(22(27)25(17)13-14-8-4-3-5-9-14)15-10-6-7-11-16(15)24-20(19)21(23)26/h3-12H,13H2,1-2H3. The topological polar surface area (TPSA) is 50.3 Å². The maximum atomic E-state index is 13.4. The van der Waals surface area contributed by atoms with E-state index in [9.17, 15) is 9.59 Å². The lowest BCUT2D eigenvalue weighted by molar-refractivity contribution is 0.0835. The van der Waals surface area contributed by atoms with E-state index in [2.05, 4.69) is 4.98 Å². The van der Waals surface area contributed by atoms with Crippen LogP contribution < -0.4 is 0 Å². The summed E-state index contributed by atoms with van der Waals surface area (Å²) >= 11 is 0. The normalized spacial score (nSPS) is 17.3. The molecule has 1 amide bonds. The van der Waals surface area contributed by atoms with Crippen LogP contribution in [0.25, 0.3) is 16.6 Å². The maximum absolute atomic E-state index is 13.4. The molecule has 0 N–H and O–H groups in total. The monoisotopic (exact) mass is 354 g/mol. The van der Waals surface area contributed by atoms with E-state index in [0.717, 1.165) is 16.6 Å². The van der Waals surface area contributed by atoms with Crippen molar-refractivity contribution in [2.45, 2.75) is 20.4 Å². The highest BCUT2D eigenvalue weighted by molar-refractivity contribution is 6.22. The second kappa shape index (κ2) is 5.36. The lowest BCUT2D eigenvalue weighted by Gasteiger charge is -2.28. The molecule has 0 bridgehead atoms. The van der Waals surface area contributed by atoms with Crippen molar-refractivity contribution >= 4 is 28.3 Å². The number of allylic oxidation sites excluding steroid dienone is 1. The summed E-state index contributed by atoms with van der Waals surface area (Å²) in [5.41, 5.74) is 3.54. The fourth-order valence-corrected chi connectivity index (χ4v) is 4.01. The molecule has 0 unspecified atom stereocenters. The van der Waals surface area contributed by atoms with Crippen LogP contribution >= 0.6 is 0 Å². The highest BCUT2D eigenvalue weighted by atomic mass is 16.2. The van der Waals surface area contributed by atoms with Gasteiger partial charge in [0.15, 0.2) is 5.78 Å². The zero-order valence-corrected chi connectivity index (χ0v) is 15.2. The Labute approximate surface area is 157 Å². The Balaban J connectivity index is 1.79. The van der Waals surface area contributed by atoms with Crippen molar-refractivity contribution in [1.29, 1.82) is 0 Å². The molecule has 2 aliphatic rings. The minimum absolute atomic E-state index is 0.0392. The predicted octanol–water partition coefficient (Wildman–Crippen LogP) is 4.45. The summed E-state index contributed by atoms with van der Waals surface area (Å²) in [5.74, 6) is -0.104. The Kier molecular flexibility index (Phi) is 3.17. The molecule has 0 saturated heterocycles. The molecule has 0 fully saturated rings. The third-order valence-electron chi connectivity index (χ3n) is 5.38. The molecule has 0 spiro atoms. The minimum atomic E-state index is -0.700. The van der Waals surface area contributed by atoms with E-state index >= 15 is 0 Å². The number of Topliss-reactive ketones (excluding diaryl/α,β-unsaturated/α-hetero) is 1. The first-order valence-electron chi connectivity index (χ1n) is 9.04. The number of aromatic nitrogens is 1. The van der Waals surface area contributed by atoms with Crippen molar-refractivity contribution in [2.75, 3.05) is 0 Å². The van der Waals surface area contributed by atoms with E-state index in [0.29, 0.717) is 28.9 Å². The Morgan fingerprint density at radius 3 is 2.41 bits per heavy atom. The molecule has 4 heteroatoms. The van der Waals surface area contributed by atoms with Gasteiger partial charge >= 0.3 is 0 Å². The van der Waals surface area contributed by atoms with Gasteiger partial charge in [-0.15, -0.1) is 0 Å². The fourth-order valence-electron chi connectivity index (χ4n) is 4.01. The number of hydrogen-bond acceptors (Lipinski definition) is 3. The molecular weight excluding hydrogens is 336 g/mol. The smallest absolute Gasteiger partial charge is 0.260 e. The zero-order chi connectivity index (χ0) is 18.8. The molecule has 5 rings (SSSR count). The van der Waals surface area contributed by atoms with Gasteiger partial charge in [0.2, 0.25) is 0 Å². The molecule has 0 radical (unpaired) electrons. The van der Waals surface area contributed by atoms with Crippen LogP contribution in [0.15, 0.2) is 60.7 Å². The third kappa shape index (κ3) is 2.19. The lowest BCUT2D eigenvalue weighted by Crippen LogP contribution is -2.30. The van der Waals surface area contributed by atoms with Gasteiger partial charge in [0.05, 0.1) is 23.3 Å². The first-order chi connectivity index (χ1) is 13.0. The van der Waals surface area contributed by atoms with Gasteiger partial charge in [-0.1, -0.05) is 48.5 Å². The van der Waals surface area contributed by atoms with Crippen molar-refractivity contribution in [1.82, 2.24) is 9.88 Å². The number of pyridine rings is 1. The van der Waals surface area contributed by atoms with Crippen LogP contribution in [-0.4, -0.2) is 21.6 Å². The molecule has 1 aliphatic carbocycles. The number of rotatable bonds is 2. The van der Waals surface area contributed by atoms with Crippen molar-refractivity contribution < 1.29 is 9.59 Å². The van der Waals surface area contributed by atoms with Crippen LogP contribution in [0.2, 0.25) is 0 Å². The quantitative estimate of drug-likeness (QED) is 0.683. The summed E-state index contributed by atoms with van der Waals surface area (Å²) in [6.45, 7) is 4.23. The number of fused-ring (bicyclic) bond motifs is 2. The Bertz CT molecular complexity index is 1160. The molecule has 1 aliphatic heterocycles. The Morgan fingerprint density at radius 2 is 1.63 bits per heavy atom. The molecule has 0 saturated carbocycles. The summed E-state index contributed by atoms with van der Waals surface area (Å²) in [4.78, 5) is 32.9. The average Bonchev–Trinajstić information content (AvgIpc) is 2.93. The van der Waals surface area contributed by atoms with Crippen LogP contribution in [0.5, 0.6) is 0 Å². The number of nitrogens with zero attached hydrogens (tertiary/aromatic N) is 2. The number of amides is 1. The zero-order valence-electron chi connectivity index (χ0n) is 15.2. The summed E-state index contributed by atoms with van der Waals surface area (Å²) in [7, 11) is 0. The van der Waals surface area contributed by atoms with E-state index in [4.69, 9.17) is 0 Å². The Morgan fingerprint density at radius 1 is 0.926 bits per heavy atom. The van der Waals surface area contributed by atoms with Gasteiger partial charge in [0, 0.05) is 16.4 Å². The van der Waals surface area contributed by atoms with E-state index in [-0.39, 0.29) is 11.7 Å². The number of hydrogen-bond donors (Lipinski definition) is 0. The lowest BCUT2D eigenvalue weighted by atomic mass is 9.78. The SMILES string of the molecule is CC1(C)C=C2c3c(nc4ccccc4c3C(=O)N2Cc2ccccc2)C1=O. The molecule has 4 nitrogen and oxygen atoms in total. The van der Waals surface area contributed by atoms with Crippen molar-refractivity contribution in [3.8, 4) is 0 Å². The summed E-state index contributed by atoms with van der Waals surface area (Å²) in [6, 6.07) is 17.5. The van der Waals surface area contributed by atoms with Crippen LogP contribution in [0.4, 0.5) is 0 Å². The molecule has 1 aromatic heterocycles. The van der Waals surface area contributed by atoms with Crippen LogP contribution in [0.1, 0.15) is 45.8 Å². The number of ketones is 1. The molecule has 2 aromatic carbocycles. The van der Waals surface area contributed by atoms with Gasteiger partial charge in [0.1, 0.15) is 5.69 Å². The van der Waals surface area contributed by atoms with E-state index in [1.807, 2.05) is 74.5 Å². The maximum Gasteiger partial charge on any atom is 0.260 e. The highest BCUT2D eigenvalue weighted by Crippen LogP contribution is 2.46. The van der Waals surface area contributed by atoms with Gasteiger partial charge < -0.3 is 4.90 Å². The molecule has 27 heavy (non-hydrogen) atoms. The largest absolute Gasteiger partial charge is 0.303 e. The Hall–Kier alpha value is -3.27.